The largest absolute Gasteiger partial charge is 0.365 e. The zero-order valence-electron chi connectivity index (χ0n) is 19.9. The minimum Gasteiger partial charge on any atom is -0.365 e. The number of nitrogens with two attached hydrogens (primary N) is 2. The number of benzene rings is 2. The molecule has 5 rings (SSSR count). The molecule has 1 fully saturated rings. The molecule has 1 amide bonds. The van der Waals surface area contributed by atoms with Gasteiger partial charge < -0.3 is 26.7 Å². The molecule has 2 atom stereocenters. The predicted molar refractivity (Wildman–Crippen MR) is 140 cm³/mol. The van der Waals surface area contributed by atoms with E-state index in [4.69, 9.17) is 11.5 Å². The molecule has 2 heterocycles. The summed E-state index contributed by atoms with van der Waals surface area (Å²) in [7, 11) is 0. The Bertz CT molecular complexity index is 1360. The summed E-state index contributed by atoms with van der Waals surface area (Å²) >= 11 is 0. The van der Waals surface area contributed by atoms with Crippen LogP contribution in [0, 0.1) is 6.92 Å². The molecule has 1 aliphatic rings. The van der Waals surface area contributed by atoms with Crippen molar-refractivity contribution in [2.24, 2.45) is 11.5 Å². The number of amides is 1. The summed E-state index contributed by atoms with van der Waals surface area (Å²) in [5.41, 5.74) is 16.6. The smallest absolute Gasteiger partial charge is 0.254 e. The van der Waals surface area contributed by atoms with Crippen molar-refractivity contribution in [3.05, 3.63) is 77.6 Å². The Morgan fingerprint density at radius 2 is 1.94 bits per heavy atom. The molecule has 2 aromatic carbocycles. The second-order valence-corrected chi connectivity index (χ2v) is 9.25. The first-order chi connectivity index (χ1) is 17.0. The zero-order chi connectivity index (χ0) is 24.4. The van der Waals surface area contributed by atoms with Crippen LogP contribution < -0.4 is 22.1 Å². The van der Waals surface area contributed by atoms with Gasteiger partial charge in [-0.2, -0.15) is 4.98 Å². The number of anilines is 3. The maximum atomic E-state index is 12.1. The molecule has 8 nitrogen and oxygen atoms in total. The highest BCUT2D eigenvalue weighted by atomic mass is 16.1. The molecule has 0 bridgehead atoms. The van der Waals surface area contributed by atoms with Crippen LogP contribution in [0.3, 0.4) is 0 Å². The summed E-state index contributed by atoms with van der Waals surface area (Å²) in [6, 6.07) is 16.7. The monoisotopic (exact) mass is 469 g/mol. The second-order valence-electron chi connectivity index (χ2n) is 9.25. The average molecular weight is 470 g/mol. The number of rotatable bonds is 7. The van der Waals surface area contributed by atoms with Crippen LogP contribution in [0.25, 0.3) is 10.9 Å². The number of hydrogen-bond acceptors (Lipinski definition) is 6. The van der Waals surface area contributed by atoms with Gasteiger partial charge in [0.05, 0.1) is 5.52 Å². The van der Waals surface area contributed by atoms with Crippen LogP contribution in [0.2, 0.25) is 0 Å². The van der Waals surface area contributed by atoms with Crippen molar-refractivity contribution in [2.75, 3.05) is 10.6 Å². The number of primary amides is 1. The summed E-state index contributed by atoms with van der Waals surface area (Å²) in [6.07, 6.45) is 7.76. The molecule has 0 saturated heterocycles. The van der Waals surface area contributed by atoms with E-state index in [1.54, 1.807) is 0 Å². The van der Waals surface area contributed by atoms with Crippen LogP contribution in [-0.2, 0) is 6.54 Å². The summed E-state index contributed by atoms with van der Waals surface area (Å²) in [5.74, 6) is 0.223. The molecule has 1 aliphatic carbocycles. The fourth-order valence-corrected chi connectivity index (χ4v) is 4.80. The molecule has 8 heteroatoms. The number of aromatic nitrogens is 3. The number of carbonyl (C=O) groups is 1. The lowest BCUT2D eigenvalue weighted by molar-refractivity contribution is 0.100. The molecular weight excluding hydrogens is 438 g/mol. The van der Waals surface area contributed by atoms with Crippen LogP contribution in [-0.4, -0.2) is 32.5 Å². The molecule has 180 valence electrons. The van der Waals surface area contributed by atoms with Gasteiger partial charge >= 0.3 is 0 Å². The third-order valence-corrected chi connectivity index (χ3v) is 6.86. The average Bonchev–Trinajstić information content (AvgIpc) is 3.26. The van der Waals surface area contributed by atoms with E-state index in [1.807, 2.05) is 12.1 Å². The zero-order valence-corrected chi connectivity index (χ0v) is 19.9. The fraction of sp³-hybridized carbons (Fsp3) is 0.296. The third kappa shape index (κ3) is 4.83. The van der Waals surface area contributed by atoms with Crippen LogP contribution in [0.1, 0.15) is 47.2 Å². The van der Waals surface area contributed by atoms with E-state index in [2.05, 4.69) is 74.7 Å². The van der Waals surface area contributed by atoms with Gasteiger partial charge in [0, 0.05) is 42.1 Å². The van der Waals surface area contributed by atoms with E-state index in [9.17, 15) is 4.79 Å². The second kappa shape index (κ2) is 9.76. The topological polar surface area (TPSA) is 124 Å². The van der Waals surface area contributed by atoms with Gasteiger partial charge in [-0.15, -0.1) is 0 Å². The number of fused-ring (bicyclic) bond motifs is 1. The van der Waals surface area contributed by atoms with Crippen LogP contribution in [0.15, 0.2) is 60.9 Å². The number of aryl methyl sites for hydroxylation is 1. The first-order valence-corrected chi connectivity index (χ1v) is 12.1. The maximum Gasteiger partial charge on any atom is 0.254 e. The number of nitrogens with zero attached hydrogens (tertiary/aromatic N) is 3. The van der Waals surface area contributed by atoms with Crippen molar-refractivity contribution >= 4 is 34.3 Å². The van der Waals surface area contributed by atoms with Crippen LogP contribution >= 0.6 is 0 Å². The Hall–Kier alpha value is -3.91. The molecule has 0 spiro atoms. The van der Waals surface area contributed by atoms with Crippen molar-refractivity contribution in [3.63, 3.8) is 0 Å². The molecule has 2 unspecified atom stereocenters. The minimum atomic E-state index is -0.585. The van der Waals surface area contributed by atoms with Gasteiger partial charge in [-0.3, -0.25) is 4.79 Å². The van der Waals surface area contributed by atoms with Gasteiger partial charge in [0.1, 0.15) is 11.4 Å². The Morgan fingerprint density at radius 1 is 1.11 bits per heavy atom. The van der Waals surface area contributed by atoms with E-state index in [-0.39, 0.29) is 17.6 Å². The first kappa shape index (κ1) is 22.9. The summed E-state index contributed by atoms with van der Waals surface area (Å²) in [6.45, 7) is 2.90. The lowest BCUT2D eigenvalue weighted by Crippen LogP contribution is -2.43. The first-order valence-electron chi connectivity index (χ1n) is 12.1. The maximum absolute atomic E-state index is 12.1. The number of carbonyl (C=O) groups excluding carboxylic acids is 1. The van der Waals surface area contributed by atoms with Gasteiger partial charge in [-0.25, -0.2) is 4.98 Å². The molecule has 1 saturated carbocycles. The highest BCUT2D eigenvalue weighted by Gasteiger charge is 2.23. The van der Waals surface area contributed by atoms with Gasteiger partial charge in [0.2, 0.25) is 5.95 Å². The molecule has 0 radical (unpaired) electrons. The van der Waals surface area contributed by atoms with Crippen molar-refractivity contribution in [3.8, 4) is 0 Å². The Kier molecular flexibility index (Phi) is 6.37. The normalized spacial score (nSPS) is 17.9. The Balaban J connectivity index is 1.45. The summed E-state index contributed by atoms with van der Waals surface area (Å²) in [4.78, 5) is 21.1. The van der Waals surface area contributed by atoms with Crippen molar-refractivity contribution in [1.82, 2.24) is 14.5 Å². The lowest BCUT2D eigenvalue weighted by Gasteiger charge is -2.29. The highest BCUT2D eigenvalue weighted by molar-refractivity contribution is 6.00. The van der Waals surface area contributed by atoms with E-state index in [0.29, 0.717) is 11.8 Å². The van der Waals surface area contributed by atoms with E-state index < -0.39 is 5.91 Å². The quantitative estimate of drug-likeness (QED) is 0.320. The van der Waals surface area contributed by atoms with E-state index in [0.717, 1.165) is 48.8 Å². The SMILES string of the molecule is Cc1ccccc1Cn1ccc2c(Nc3nc(NC4CCCCC4N)ncc3C(N)=O)cccc21. The molecule has 2 aromatic heterocycles. The third-order valence-electron chi connectivity index (χ3n) is 6.86. The summed E-state index contributed by atoms with van der Waals surface area (Å²) in [5, 5.41) is 7.72. The van der Waals surface area contributed by atoms with Gasteiger partial charge in [0.15, 0.2) is 0 Å². The van der Waals surface area contributed by atoms with Gasteiger partial charge in [0.25, 0.3) is 5.91 Å². The van der Waals surface area contributed by atoms with Crippen LogP contribution in [0.4, 0.5) is 17.5 Å². The molecular formula is C27H31N7O. The standard InChI is InChI=1S/C27H31N7O/c1-17-7-2-3-8-18(17)16-34-14-13-19-22(11-6-12-24(19)34)31-26-20(25(29)35)15-30-27(33-26)32-23-10-5-4-9-21(23)28/h2-3,6-8,11-15,21,23H,4-5,9-10,16,28H2,1H3,(H2,29,35)(H2,30,31,32,33). The Morgan fingerprint density at radius 3 is 2.74 bits per heavy atom. The van der Waals surface area contributed by atoms with Crippen LogP contribution in [0.5, 0.6) is 0 Å². The predicted octanol–water partition coefficient (Wildman–Crippen LogP) is 4.31. The van der Waals surface area contributed by atoms with Crippen molar-refractivity contribution in [2.45, 2.75) is 51.2 Å². The van der Waals surface area contributed by atoms with Gasteiger partial charge in [-0.05, 0) is 49.1 Å². The molecule has 6 N–H and O–H groups in total. The Labute approximate surface area is 204 Å². The molecule has 0 aliphatic heterocycles. The minimum absolute atomic E-state index is 0.0568. The summed E-state index contributed by atoms with van der Waals surface area (Å²) < 4.78 is 2.22. The van der Waals surface area contributed by atoms with E-state index in [1.165, 1.54) is 17.3 Å². The van der Waals surface area contributed by atoms with Crippen molar-refractivity contribution in [1.29, 1.82) is 0 Å². The highest BCUT2D eigenvalue weighted by Crippen LogP contribution is 2.29. The van der Waals surface area contributed by atoms with Crippen molar-refractivity contribution < 1.29 is 4.79 Å². The number of nitrogens with one attached hydrogen (secondary N) is 2. The molecule has 4 aromatic rings. The molecule has 35 heavy (non-hydrogen) atoms. The lowest BCUT2D eigenvalue weighted by atomic mass is 9.91. The fourth-order valence-electron chi connectivity index (χ4n) is 4.80. The number of hydrogen-bond donors (Lipinski definition) is 4. The van der Waals surface area contributed by atoms with E-state index >= 15 is 0 Å². The van der Waals surface area contributed by atoms with Gasteiger partial charge in [-0.1, -0.05) is 43.2 Å².